The minimum Gasteiger partial charge on any atom is -0.466 e. The van der Waals surface area contributed by atoms with Gasteiger partial charge in [0.05, 0.1) is 12.5 Å². The van der Waals surface area contributed by atoms with E-state index >= 15 is 0 Å². The lowest BCUT2D eigenvalue weighted by molar-refractivity contribution is -0.147. The van der Waals surface area contributed by atoms with E-state index < -0.39 is 0 Å². The second-order valence-electron chi connectivity index (χ2n) is 3.87. The Morgan fingerprint density at radius 3 is 3.24 bits per heavy atom. The van der Waals surface area contributed by atoms with E-state index in [0.717, 1.165) is 18.8 Å². The van der Waals surface area contributed by atoms with Crippen LogP contribution in [0.15, 0.2) is 12.3 Å². The Hall–Kier alpha value is -1.36. The third kappa shape index (κ3) is 2.85. The van der Waals surface area contributed by atoms with E-state index in [1.807, 2.05) is 11.8 Å². The highest BCUT2D eigenvalue weighted by Gasteiger charge is 2.30. The first kappa shape index (κ1) is 12.1. The van der Waals surface area contributed by atoms with Gasteiger partial charge in [-0.2, -0.15) is 0 Å². The fourth-order valence-electron chi connectivity index (χ4n) is 1.92. The molecule has 0 unspecified atom stereocenters. The van der Waals surface area contributed by atoms with Gasteiger partial charge in [-0.1, -0.05) is 0 Å². The molecule has 0 aromatic carbocycles. The van der Waals surface area contributed by atoms with Gasteiger partial charge in [-0.15, -0.1) is 0 Å². The highest BCUT2D eigenvalue weighted by molar-refractivity contribution is 6.28. The van der Waals surface area contributed by atoms with Crippen LogP contribution in [0, 0.1) is 5.92 Å². The van der Waals surface area contributed by atoms with Crippen molar-refractivity contribution >= 4 is 23.4 Å². The van der Waals surface area contributed by atoms with Gasteiger partial charge in [-0.25, -0.2) is 9.97 Å². The molecule has 0 amide bonds. The number of hydrogen-bond donors (Lipinski definition) is 0. The summed E-state index contributed by atoms with van der Waals surface area (Å²) in [5.41, 5.74) is 0. The Bertz CT molecular complexity index is 413. The van der Waals surface area contributed by atoms with Crippen molar-refractivity contribution in [2.24, 2.45) is 5.92 Å². The molecule has 1 aliphatic heterocycles. The van der Waals surface area contributed by atoms with E-state index in [4.69, 9.17) is 16.3 Å². The van der Waals surface area contributed by atoms with Crippen molar-refractivity contribution in [1.29, 1.82) is 0 Å². The molecule has 17 heavy (non-hydrogen) atoms. The third-order valence-electron chi connectivity index (χ3n) is 2.74. The van der Waals surface area contributed by atoms with Gasteiger partial charge in [-0.05, 0) is 31.0 Å². The van der Waals surface area contributed by atoms with Crippen LogP contribution in [0.25, 0.3) is 0 Å². The maximum absolute atomic E-state index is 11.6. The van der Waals surface area contributed by atoms with Crippen molar-refractivity contribution in [2.75, 3.05) is 24.6 Å². The standard InChI is InChI=1S/C11H14ClN3O2/c1-2-17-10(16)8-4-6-15(7-8)9-3-5-13-11(12)14-9/h3,5,8H,2,4,6-7H2,1H3/t8-/m0/s1. The van der Waals surface area contributed by atoms with Gasteiger partial charge < -0.3 is 9.64 Å². The van der Waals surface area contributed by atoms with E-state index in [1.54, 1.807) is 12.3 Å². The predicted molar refractivity (Wildman–Crippen MR) is 64.0 cm³/mol. The van der Waals surface area contributed by atoms with E-state index in [-0.39, 0.29) is 17.2 Å². The number of esters is 1. The molecule has 0 saturated carbocycles. The van der Waals surface area contributed by atoms with Gasteiger partial charge in [0, 0.05) is 19.3 Å². The van der Waals surface area contributed by atoms with Crippen LogP contribution >= 0.6 is 11.6 Å². The first-order chi connectivity index (χ1) is 8.20. The molecule has 1 atom stereocenters. The Morgan fingerprint density at radius 2 is 2.53 bits per heavy atom. The monoisotopic (exact) mass is 255 g/mol. The average Bonchev–Trinajstić information content (AvgIpc) is 2.78. The van der Waals surface area contributed by atoms with Crippen molar-refractivity contribution in [1.82, 2.24) is 9.97 Å². The maximum atomic E-state index is 11.6. The number of ether oxygens (including phenoxy) is 1. The summed E-state index contributed by atoms with van der Waals surface area (Å²) < 4.78 is 5.01. The summed E-state index contributed by atoms with van der Waals surface area (Å²) in [6.07, 6.45) is 2.41. The SMILES string of the molecule is CCOC(=O)[C@H]1CCN(c2ccnc(Cl)n2)C1. The van der Waals surface area contributed by atoms with Crippen molar-refractivity contribution < 1.29 is 9.53 Å². The maximum Gasteiger partial charge on any atom is 0.310 e. The summed E-state index contributed by atoms with van der Waals surface area (Å²) >= 11 is 5.73. The van der Waals surface area contributed by atoms with Crippen LogP contribution < -0.4 is 4.90 Å². The second kappa shape index (κ2) is 5.31. The zero-order valence-corrected chi connectivity index (χ0v) is 10.4. The number of rotatable bonds is 3. The predicted octanol–water partition coefficient (Wildman–Crippen LogP) is 1.52. The van der Waals surface area contributed by atoms with Crippen molar-refractivity contribution in [2.45, 2.75) is 13.3 Å². The van der Waals surface area contributed by atoms with Gasteiger partial charge in [0.1, 0.15) is 5.82 Å². The summed E-state index contributed by atoms with van der Waals surface area (Å²) in [6.45, 7) is 3.66. The largest absolute Gasteiger partial charge is 0.466 e. The molecule has 6 heteroatoms. The lowest BCUT2D eigenvalue weighted by Crippen LogP contribution is -2.24. The Morgan fingerprint density at radius 1 is 1.71 bits per heavy atom. The summed E-state index contributed by atoms with van der Waals surface area (Å²) in [5.74, 6) is 0.565. The molecule has 0 spiro atoms. The van der Waals surface area contributed by atoms with Gasteiger partial charge in [0.2, 0.25) is 5.28 Å². The molecule has 2 rings (SSSR count). The molecular formula is C11H14ClN3O2. The van der Waals surface area contributed by atoms with E-state index in [2.05, 4.69) is 9.97 Å². The lowest BCUT2D eigenvalue weighted by atomic mass is 10.1. The van der Waals surface area contributed by atoms with E-state index in [0.29, 0.717) is 13.2 Å². The zero-order chi connectivity index (χ0) is 12.3. The number of aromatic nitrogens is 2. The number of carbonyl (C=O) groups excluding carboxylic acids is 1. The zero-order valence-electron chi connectivity index (χ0n) is 9.60. The lowest BCUT2D eigenvalue weighted by Gasteiger charge is -2.16. The van der Waals surface area contributed by atoms with Crippen LogP contribution in [-0.4, -0.2) is 35.6 Å². The quantitative estimate of drug-likeness (QED) is 0.605. The fraction of sp³-hybridized carbons (Fsp3) is 0.545. The van der Waals surface area contributed by atoms with Gasteiger partial charge in [0.25, 0.3) is 0 Å². The molecule has 0 N–H and O–H groups in total. The molecule has 0 aliphatic carbocycles. The van der Waals surface area contributed by atoms with Crippen LogP contribution in [0.1, 0.15) is 13.3 Å². The third-order valence-corrected chi connectivity index (χ3v) is 2.93. The molecule has 1 fully saturated rings. The molecule has 0 bridgehead atoms. The smallest absolute Gasteiger partial charge is 0.310 e. The Kier molecular flexibility index (Phi) is 3.78. The molecular weight excluding hydrogens is 242 g/mol. The van der Waals surface area contributed by atoms with Crippen LogP contribution in [0.3, 0.4) is 0 Å². The molecule has 1 saturated heterocycles. The highest BCUT2D eigenvalue weighted by Crippen LogP contribution is 2.23. The number of hydrogen-bond acceptors (Lipinski definition) is 5. The molecule has 1 aromatic heterocycles. The number of halogens is 1. The van der Waals surface area contributed by atoms with Crippen LogP contribution in [0.4, 0.5) is 5.82 Å². The summed E-state index contributed by atoms with van der Waals surface area (Å²) in [4.78, 5) is 21.6. The fourth-order valence-corrected chi connectivity index (χ4v) is 2.07. The van der Waals surface area contributed by atoms with Gasteiger partial charge >= 0.3 is 5.97 Å². The molecule has 1 aliphatic rings. The summed E-state index contributed by atoms with van der Waals surface area (Å²) in [7, 11) is 0. The van der Waals surface area contributed by atoms with Crippen molar-refractivity contribution in [3.8, 4) is 0 Å². The van der Waals surface area contributed by atoms with E-state index in [1.165, 1.54) is 0 Å². The van der Waals surface area contributed by atoms with Crippen molar-refractivity contribution in [3.63, 3.8) is 0 Å². The highest BCUT2D eigenvalue weighted by atomic mass is 35.5. The van der Waals surface area contributed by atoms with Gasteiger partial charge in [0.15, 0.2) is 0 Å². The summed E-state index contributed by atoms with van der Waals surface area (Å²) in [6, 6.07) is 1.79. The average molecular weight is 256 g/mol. The topological polar surface area (TPSA) is 55.3 Å². The Labute approximate surface area is 105 Å². The molecule has 5 nitrogen and oxygen atoms in total. The number of anilines is 1. The minimum atomic E-state index is -0.129. The normalized spacial score (nSPS) is 19.4. The number of carbonyl (C=O) groups is 1. The van der Waals surface area contributed by atoms with Crippen LogP contribution in [-0.2, 0) is 9.53 Å². The van der Waals surface area contributed by atoms with E-state index in [9.17, 15) is 4.79 Å². The van der Waals surface area contributed by atoms with Crippen molar-refractivity contribution in [3.05, 3.63) is 17.5 Å². The molecule has 92 valence electrons. The van der Waals surface area contributed by atoms with Crippen LogP contribution in [0.5, 0.6) is 0 Å². The first-order valence-electron chi connectivity index (χ1n) is 5.61. The minimum absolute atomic E-state index is 0.0660. The Balaban J connectivity index is 2.00. The molecule has 2 heterocycles. The first-order valence-corrected chi connectivity index (χ1v) is 5.98. The second-order valence-corrected chi connectivity index (χ2v) is 4.21. The molecule has 1 aromatic rings. The molecule has 0 radical (unpaired) electrons. The van der Waals surface area contributed by atoms with Crippen LogP contribution in [0.2, 0.25) is 5.28 Å². The van der Waals surface area contributed by atoms with Gasteiger partial charge in [-0.3, -0.25) is 4.79 Å². The summed E-state index contributed by atoms with van der Waals surface area (Å²) in [5, 5.41) is 0.224. The number of nitrogens with zero attached hydrogens (tertiary/aromatic N) is 3.